The van der Waals surface area contributed by atoms with Crippen molar-refractivity contribution in [2.45, 2.75) is 44.8 Å². The summed E-state index contributed by atoms with van der Waals surface area (Å²) in [7, 11) is 3.49. The van der Waals surface area contributed by atoms with Crippen LogP contribution in [0.25, 0.3) is 0 Å². The lowest BCUT2D eigenvalue weighted by Crippen LogP contribution is -2.43. The Morgan fingerprint density at radius 2 is 1.87 bits per heavy atom. The van der Waals surface area contributed by atoms with E-state index in [0.29, 0.717) is 5.92 Å². The number of rotatable bonds is 2. The Morgan fingerprint density at radius 1 is 1.33 bits per heavy atom. The summed E-state index contributed by atoms with van der Waals surface area (Å²) in [5, 5.41) is 12.4. The predicted octanol–water partition coefficient (Wildman–Crippen LogP) is 1.20. The van der Waals surface area contributed by atoms with Crippen LogP contribution in [-0.4, -0.2) is 42.3 Å². The molecule has 1 saturated carbocycles. The first-order valence-electron chi connectivity index (χ1n) is 5.66. The van der Waals surface area contributed by atoms with Gasteiger partial charge < -0.3 is 15.3 Å². The third kappa shape index (κ3) is 3.70. The van der Waals surface area contributed by atoms with Gasteiger partial charge in [-0.3, -0.25) is 0 Å². The summed E-state index contributed by atoms with van der Waals surface area (Å²) in [5.41, 5.74) is 0. The molecule has 15 heavy (non-hydrogen) atoms. The van der Waals surface area contributed by atoms with Crippen LogP contribution in [0.3, 0.4) is 0 Å². The SMILES string of the molecule is CC(O)[C@H]1CC[C@H](NC(=O)N(C)C)CC1. The number of nitrogens with one attached hydrogen (secondary N) is 1. The Labute approximate surface area is 91.6 Å². The average molecular weight is 214 g/mol. The van der Waals surface area contributed by atoms with Crippen molar-refractivity contribution in [3.63, 3.8) is 0 Å². The van der Waals surface area contributed by atoms with Gasteiger partial charge >= 0.3 is 6.03 Å². The molecule has 2 N–H and O–H groups in total. The number of carbonyl (C=O) groups is 1. The maximum absolute atomic E-state index is 11.4. The summed E-state index contributed by atoms with van der Waals surface area (Å²) in [6, 6.07) is 0.269. The van der Waals surface area contributed by atoms with E-state index in [1.165, 1.54) is 0 Å². The molecule has 1 atom stereocenters. The second kappa shape index (κ2) is 5.35. The molecule has 1 fully saturated rings. The van der Waals surface area contributed by atoms with Gasteiger partial charge in [0.15, 0.2) is 0 Å². The minimum atomic E-state index is -0.212. The van der Waals surface area contributed by atoms with Crippen LogP contribution in [0.4, 0.5) is 4.79 Å². The highest BCUT2D eigenvalue weighted by atomic mass is 16.3. The molecule has 1 rings (SSSR count). The van der Waals surface area contributed by atoms with Crippen LogP contribution in [0.2, 0.25) is 0 Å². The molecule has 1 aliphatic carbocycles. The fourth-order valence-corrected chi connectivity index (χ4v) is 2.05. The zero-order chi connectivity index (χ0) is 11.4. The summed E-state index contributed by atoms with van der Waals surface area (Å²) < 4.78 is 0. The molecule has 4 nitrogen and oxygen atoms in total. The molecule has 0 spiro atoms. The van der Waals surface area contributed by atoms with Crippen molar-refractivity contribution >= 4 is 6.03 Å². The van der Waals surface area contributed by atoms with E-state index in [-0.39, 0.29) is 18.2 Å². The zero-order valence-corrected chi connectivity index (χ0v) is 9.86. The third-order valence-corrected chi connectivity index (χ3v) is 3.19. The van der Waals surface area contributed by atoms with Gasteiger partial charge in [0, 0.05) is 20.1 Å². The van der Waals surface area contributed by atoms with E-state index in [0.717, 1.165) is 25.7 Å². The van der Waals surface area contributed by atoms with Crippen LogP contribution in [0, 0.1) is 5.92 Å². The van der Waals surface area contributed by atoms with Crippen molar-refractivity contribution in [3.8, 4) is 0 Å². The van der Waals surface area contributed by atoms with Crippen LogP contribution >= 0.6 is 0 Å². The van der Waals surface area contributed by atoms with Crippen molar-refractivity contribution in [1.82, 2.24) is 10.2 Å². The normalized spacial score (nSPS) is 28.3. The maximum Gasteiger partial charge on any atom is 0.317 e. The first-order valence-corrected chi connectivity index (χ1v) is 5.66. The van der Waals surface area contributed by atoms with E-state index < -0.39 is 0 Å². The smallest absolute Gasteiger partial charge is 0.317 e. The summed E-state index contributed by atoms with van der Waals surface area (Å²) in [6.07, 6.45) is 3.77. The lowest BCUT2D eigenvalue weighted by atomic mass is 9.83. The molecule has 0 aromatic rings. The van der Waals surface area contributed by atoms with Gasteiger partial charge in [-0.1, -0.05) is 0 Å². The van der Waals surface area contributed by atoms with Gasteiger partial charge in [-0.2, -0.15) is 0 Å². The van der Waals surface area contributed by atoms with Crippen molar-refractivity contribution in [3.05, 3.63) is 0 Å². The number of urea groups is 1. The molecule has 0 bridgehead atoms. The Kier molecular flexibility index (Phi) is 4.39. The molecule has 0 aliphatic heterocycles. The van der Waals surface area contributed by atoms with Crippen molar-refractivity contribution < 1.29 is 9.90 Å². The quantitative estimate of drug-likeness (QED) is 0.725. The van der Waals surface area contributed by atoms with Crippen LogP contribution in [-0.2, 0) is 0 Å². The van der Waals surface area contributed by atoms with Crippen LogP contribution in [0.5, 0.6) is 0 Å². The van der Waals surface area contributed by atoms with Crippen molar-refractivity contribution in [2.24, 2.45) is 5.92 Å². The van der Waals surface area contributed by atoms with Crippen molar-refractivity contribution in [2.75, 3.05) is 14.1 Å². The van der Waals surface area contributed by atoms with Gasteiger partial charge in [0.05, 0.1) is 6.10 Å². The molecule has 88 valence electrons. The first kappa shape index (κ1) is 12.3. The average Bonchev–Trinajstić information content (AvgIpc) is 2.18. The standard InChI is InChI=1S/C11H22N2O2/c1-8(14)9-4-6-10(7-5-9)12-11(15)13(2)3/h8-10,14H,4-7H2,1-3H3,(H,12,15)/t8?,9-,10-. The summed E-state index contributed by atoms with van der Waals surface area (Å²) in [6.45, 7) is 1.85. The van der Waals surface area contributed by atoms with Crippen LogP contribution < -0.4 is 5.32 Å². The van der Waals surface area contributed by atoms with E-state index in [1.54, 1.807) is 19.0 Å². The second-order valence-electron chi connectivity index (χ2n) is 4.70. The van der Waals surface area contributed by atoms with Gasteiger partial charge in [0.1, 0.15) is 0 Å². The molecule has 1 aliphatic rings. The number of aliphatic hydroxyl groups is 1. The Bertz CT molecular complexity index is 209. The molecule has 0 saturated heterocycles. The number of nitrogens with zero attached hydrogens (tertiary/aromatic N) is 1. The largest absolute Gasteiger partial charge is 0.393 e. The van der Waals surface area contributed by atoms with Gasteiger partial charge in [-0.25, -0.2) is 4.79 Å². The molecule has 4 heteroatoms. The molecule has 0 aromatic carbocycles. The third-order valence-electron chi connectivity index (χ3n) is 3.19. The summed E-state index contributed by atoms with van der Waals surface area (Å²) >= 11 is 0. The highest BCUT2D eigenvalue weighted by molar-refractivity contribution is 5.73. The lowest BCUT2D eigenvalue weighted by molar-refractivity contribution is 0.0939. The highest BCUT2D eigenvalue weighted by Gasteiger charge is 2.25. The molecule has 0 radical (unpaired) electrons. The van der Waals surface area contributed by atoms with Gasteiger partial charge in [-0.05, 0) is 38.5 Å². The van der Waals surface area contributed by atoms with E-state index >= 15 is 0 Å². The van der Waals surface area contributed by atoms with E-state index in [2.05, 4.69) is 5.32 Å². The number of carbonyl (C=O) groups excluding carboxylic acids is 1. The van der Waals surface area contributed by atoms with E-state index in [1.807, 2.05) is 6.92 Å². The minimum Gasteiger partial charge on any atom is -0.393 e. The number of hydrogen-bond donors (Lipinski definition) is 2. The van der Waals surface area contributed by atoms with E-state index in [4.69, 9.17) is 0 Å². The molecular weight excluding hydrogens is 192 g/mol. The molecule has 0 heterocycles. The number of hydrogen-bond acceptors (Lipinski definition) is 2. The fraction of sp³-hybridized carbons (Fsp3) is 0.909. The monoisotopic (exact) mass is 214 g/mol. The molecular formula is C11H22N2O2. The predicted molar refractivity (Wildman–Crippen MR) is 59.6 cm³/mol. The van der Waals surface area contributed by atoms with Crippen LogP contribution in [0.15, 0.2) is 0 Å². The molecule has 1 unspecified atom stereocenters. The maximum atomic E-state index is 11.4. The number of amides is 2. The summed E-state index contributed by atoms with van der Waals surface area (Å²) in [4.78, 5) is 12.9. The van der Waals surface area contributed by atoms with E-state index in [9.17, 15) is 9.90 Å². The van der Waals surface area contributed by atoms with Crippen molar-refractivity contribution in [1.29, 1.82) is 0 Å². The van der Waals surface area contributed by atoms with Crippen LogP contribution in [0.1, 0.15) is 32.6 Å². The Hall–Kier alpha value is -0.770. The summed E-state index contributed by atoms with van der Waals surface area (Å²) in [5.74, 6) is 0.414. The first-order chi connectivity index (χ1) is 7.00. The lowest BCUT2D eigenvalue weighted by Gasteiger charge is -2.31. The minimum absolute atomic E-state index is 0.0181. The topological polar surface area (TPSA) is 52.6 Å². The Morgan fingerprint density at radius 3 is 2.27 bits per heavy atom. The zero-order valence-electron chi connectivity index (χ0n) is 9.86. The van der Waals surface area contributed by atoms with Gasteiger partial charge in [0.25, 0.3) is 0 Å². The van der Waals surface area contributed by atoms with Gasteiger partial charge in [-0.15, -0.1) is 0 Å². The molecule has 0 aromatic heterocycles. The fourth-order valence-electron chi connectivity index (χ4n) is 2.05. The molecule has 2 amide bonds. The Balaban J connectivity index is 2.29. The number of aliphatic hydroxyl groups excluding tert-OH is 1. The highest BCUT2D eigenvalue weighted by Crippen LogP contribution is 2.26. The second-order valence-corrected chi connectivity index (χ2v) is 4.70. The van der Waals surface area contributed by atoms with Gasteiger partial charge in [0.2, 0.25) is 0 Å².